The number of carbonyl (C=O) groups excluding carboxylic acids is 1. The molecule has 13 nitrogen and oxygen atoms in total. The Labute approximate surface area is 268 Å². The minimum atomic E-state index is -0.679. The highest BCUT2D eigenvalue weighted by molar-refractivity contribution is 5.69. The van der Waals surface area contributed by atoms with E-state index in [4.69, 9.17) is 23.7 Å². The molecule has 13 heteroatoms. The summed E-state index contributed by atoms with van der Waals surface area (Å²) in [5.74, 6) is -0.163. The van der Waals surface area contributed by atoms with Crippen molar-refractivity contribution >= 4 is 23.0 Å². The second-order valence-corrected chi connectivity index (χ2v) is 10.8. The third kappa shape index (κ3) is 23.2. The third-order valence-corrected chi connectivity index (χ3v) is 7.04. The highest BCUT2D eigenvalue weighted by Gasteiger charge is 2.19. The molecule has 0 aliphatic carbocycles. The predicted molar refractivity (Wildman–Crippen MR) is 173 cm³/mol. The first kappa shape index (κ1) is 40.2. The quantitative estimate of drug-likeness (QED) is 0.0373. The molecule has 45 heavy (non-hydrogen) atoms. The van der Waals surface area contributed by atoms with Crippen molar-refractivity contribution in [2.24, 2.45) is 0 Å². The molecule has 0 aliphatic heterocycles. The molecule has 0 unspecified atom stereocenters. The second kappa shape index (κ2) is 28.6. The number of nitrogens with one attached hydrogen (secondary N) is 1. The van der Waals surface area contributed by atoms with Crippen molar-refractivity contribution in [1.82, 2.24) is 0 Å². The maximum absolute atomic E-state index is 11.8. The summed E-state index contributed by atoms with van der Waals surface area (Å²) >= 11 is 0. The fourth-order valence-electron chi connectivity index (χ4n) is 4.53. The molecule has 0 atom stereocenters. The molecule has 0 fully saturated rings. The molecule has 0 spiro atoms. The van der Waals surface area contributed by atoms with E-state index in [-0.39, 0.29) is 36.2 Å². The SMILES string of the molecule is CCCCCCCCCCCCCCCC(=O)OCCOCCOCCOCCOCCNc1ccc([N+](=O)[O-])cc1[N+](=O)[O-]. The number of unbranched alkanes of at least 4 members (excludes halogenated alkanes) is 12. The largest absolute Gasteiger partial charge is 0.463 e. The summed E-state index contributed by atoms with van der Waals surface area (Å²) in [5.41, 5.74) is -0.519. The summed E-state index contributed by atoms with van der Waals surface area (Å²) in [6.45, 7) is 5.73. The molecule has 0 aromatic heterocycles. The first-order valence-electron chi connectivity index (χ1n) is 16.6. The van der Waals surface area contributed by atoms with Crippen molar-refractivity contribution in [2.45, 2.75) is 96.8 Å². The lowest BCUT2D eigenvalue weighted by atomic mass is 10.0. The smallest absolute Gasteiger partial charge is 0.305 e. The Morgan fingerprint density at radius 1 is 0.644 bits per heavy atom. The number of anilines is 1. The van der Waals surface area contributed by atoms with Gasteiger partial charge in [0, 0.05) is 19.0 Å². The average molecular weight is 642 g/mol. The van der Waals surface area contributed by atoms with Crippen LogP contribution in [0.25, 0.3) is 0 Å². The second-order valence-electron chi connectivity index (χ2n) is 10.8. The zero-order valence-electron chi connectivity index (χ0n) is 27.2. The molecule has 0 heterocycles. The summed E-state index contributed by atoms with van der Waals surface area (Å²) in [6, 6.07) is 3.43. The Kier molecular flexibility index (Phi) is 25.5. The molecule has 1 N–H and O–H groups in total. The molecule has 0 amide bonds. The lowest BCUT2D eigenvalue weighted by Crippen LogP contribution is -2.15. The topological polar surface area (TPSA) is 162 Å². The predicted octanol–water partition coefficient (Wildman–Crippen LogP) is 7.01. The number of nitro benzene ring substituents is 2. The molecule has 258 valence electrons. The van der Waals surface area contributed by atoms with Crippen LogP contribution in [0.4, 0.5) is 17.1 Å². The Bertz CT molecular complexity index is 919. The summed E-state index contributed by atoms with van der Waals surface area (Å²) < 4.78 is 26.9. The molecule has 1 aromatic rings. The maximum atomic E-state index is 11.8. The summed E-state index contributed by atoms with van der Waals surface area (Å²) in [7, 11) is 0. The molecular formula is C32H55N3O10. The minimum absolute atomic E-state index is 0.163. The molecule has 0 bridgehead atoms. The van der Waals surface area contributed by atoms with Crippen LogP contribution in [-0.2, 0) is 28.5 Å². The highest BCUT2D eigenvalue weighted by Crippen LogP contribution is 2.28. The average Bonchev–Trinajstić information content (AvgIpc) is 3.02. The van der Waals surface area contributed by atoms with E-state index in [2.05, 4.69) is 12.2 Å². The van der Waals surface area contributed by atoms with Crippen LogP contribution in [0.15, 0.2) is 18.2 Å². The van der Waals surface area contributed by atoms with Gasteiger partial charge >= 0.3 is 5.97 Å². The van der Waals surface area contributed by atoms with Crippen LogP contribution >= 0.6 is 0 Å². The monoisotopic (exact) mass is 641 g/mol. The van der Waals surface area contributed by atoms with Crippen LogP contribution in [0, 0.1) is 20.2 Å². The van der Waals surface area contributed by atoms with Crippen LogP contribution in [0.2, 0.25) is 0 Å². The van der Waals surface area contributed by atoms with Gasteiger partial charge in [0.05, 0.1) is 68.8 Å². The Hall–Kier alpha value is -2.87. The van der Waals surface area contributed by atoms with E-state index in [9.17, 15) is 25.0 Å². The van der Waals surface area contributed by atoms with E-state index in [0.29, 0.717) is 59.2 Å². The van der Waals surface area contributed by atoms with E-state index >= 15 is 0 Å². The normalized spacial score (nSPS) is 11.0. The first-order valence-corrected chi connectivity index (χ1v) is 16.6. The van der Waals surface area contributed by atoms with Gasteiger partial charge < -0.3 is 29.0 Å². The zero-order valence-corrected chi connectivity index (χ0v) is 27.2. The number of nitro groups is 2. The van der Waals surface area contributed by atoms with Gasteiger partial charge in [0.15, 0.2) is 0 Å². The summed E-state index contributed by atoms with van der Waals surface area (Å²) in [4.78, 5) is 32.4. The molecular weight excluding hydrogens is 586 g/mol. The fraction of sp³-hybridized carbons (Fsp3) is 0.781. The Morgan fingerprint density at radius 2 is 1.11 bits per heavy atom. The van der Waals surface area contributed by atoms with Gasteiger partial charge in [0.2, 0.25) is 0 Å². The molecule has 0 saturated carbocycles. The van der Waals surface area contributed by atoms with Crippen molar-refractivity contribution in [3.05, 3.63) is 38.4 Å². The molecule has 0 saturated heterocycles. The number of esters is 1. The molecule has 0 radical (unpaired) electrons. The number of ether oxygens (including phenoxy) is 5. The van der Waals surface area contributed by atoms with E-state index in [1.165, 1.54) is 82.8 Å². The Morgan fingerprint density at radius 3 is 1.60 bits per heavy atom. The number of hydrogen-bond donors (Lipinski definition) is 1. The van der Waals surface area contributed by atoms with E-state index < -0.39 is 9.85 Å². The van der Waals surface area contributed by atoms with Crippen molar-refractivity contribution in [2.75, 3.05) is 71.3 Å². The third-order valence-electron chi connectivity index (χ3n) is 7.04. The lowest BCUT2D eigenvalue weighted by molar-refractivity contribution is -0.393. The molecule has 1 aromatic carbocycles. The van der Waals surface area contributed by atoms with Crippen molar-refractivity contribution in [3.63, 3.8) is 0 Å². The van der Waals surface area contributed by atoms with Crippen LogP contribution in [0.3, 0.4) is 0 Å². The Balaban J connectivity index is 1.81. The summed E-state index contributed by atoms with van der Waals surface area (Å²) in [5, 5.41) is 24.8. The molecule has 0 aliphatic rings. The first-order chi connectivity index (χ1) is 22.0. The van der Waals surface area contributed by atoms with E-state index in [0.717, 1.165) is 18.9 Å². The van der Waals surface area contributed by atoms with Crippen molar-refractivity contribution in [3.8, 4) is 0 Å². The number of non-ortho nitro benzene ring substituents is 1. The van der Waals surface area contributed by atoms with E-state index in [1.54, 1.807) is 0 Å². The van der Waals surface area contributed by atoms with E-state index in [1.807, 2.05) is 0 Å². The van der Waals surface area contributed by atoms with Gasteiger partial charge in [-0.05, 0) is 12.5 Å². The number of nitrogens with zero attached hydrogens (tertiary/aromatic N) is 2. The minimum Gasteiger partial charge on any atom is -0.463 e. The van der Waals surface area contributed by atoms with Crippen LogP contribution in [-0.4, -0.2) is 81.8 Å². The number of benzene rings is 1. The van der Waals surface area contributed by atoms with Gasteiger partial charge in [-0.3, -0.25) is 25.0 Å². The number of rotatable bonds is 32. The van der Waals surface area contributed by atoms with Gasteiger partial charge in [0.25, 0.3) is 11.4 Å². The van der Waals surface area contributed by atoms with Gasteiger partial charge in [-0.2, -0.15) is 0 Å². The highest BCUT2D eigenvalue weighted by atomic mass is 16.6. The van der Waals surface area contributed by atoms with Crippen LogP contribution in [0.1, 0.15) is 96.8 Å². The standard InChI is InChI=1S/C32H55N3O10/c1-2-3-4-5-6-7-8-9-10-11-12-13-14-15-32(36)45-27-26-44-25-24-43-23-22-42-21-20-41-19-18-33-30-17-16-29(34(37)38)28-31(30)35(39)40/h16-17,28,33H,2-15,18-27H2,1H3. The molecule has 1 rings (SSSR count). The van der Waals surface area contributed by atoms with Gasteiger partial charge in [0.1, 0.15) is 12.3 Å². The van der Waals surface area contributed by atoms with Crippen LogP contribution < -0.4 is 5.32 Å². The van der Waals surface area contributed by atoms with Crippen LogP contribution in [0.5, 0.6) is 0 Å². The number of hydrogen-bond acceptors (Lipinski definition) is 11. The van der Waals surface area contributed by atoms with Crippen molar-refractivity contribution in [1.29, 1.82) is 0 Å². The summed E-state index contributed by atoms with van der Waals surface area (Å²) in [6.07, 6.45) is 17.1. The van der Waals surface area contributed by atoms with Gasteiger partial charge in [-0.1, -0.05) is 84.0 Å². The fourth-order valence-corrected chi connectivity index (χ4v) is 4.53. The lowest BCUT2D eigenvalue weighted by Gasteiger charge is -2.09. The van der Waals surface area contributed by atoms with Gasteiger partial charge in [-0.25, -0.2) is 0 Å². The number of carbonyl (C=O) groups is 1. The van der Waals surface area contributed by atoms with Gasteiger partial charge in [-0.15, -0.1) is 0 Å². The maximum Gasteiger partial charge on any atom is 0.305 e. The zero-order chi connectivity index (χ0) is 32.8. The van der Waals surface area contributed by atoms with Crippen molar-refractivity contribution < 1.29 is 38.3 Å².